The number of rotatable bonds is 1. The third-order valence-corrected chi connectivity index (χ3v) is 5.68. The number of hydrogen-bond acceptors (Lipinski definition) is 1. The number of halogens is 4. The van der Waals surface area contributed by atoms with Gasteiger partial charge in [0.2, 0.25) is 4.46 Å². The number of anilines is 1. The van der Waals surface area contributed by atoms with Crippen molar-refractivity contribution in [3.63, 3.8) is 0 Å². The van der Waals surface area contributed by atoms with Crippen LogP contribution in [-0.2, 0) is 4.79 Å². The van der Waals surface area contributed by atoms with Crippen LogP contribution in [0.5, 0.6) is 0 Å². The first-order valence-corrected chi connectivity index (χ1v) is 7.68. The summed E-state index contributed by atoms with van der Waals surface area (Å²) in [7, 11) is 0. The summed E-state index contributed by atoms with van der Waals surface area (Å²) >= 11 is 19.5. The third-order valence-electron chi connectivity index (χ3n) is 4.20. The van der Waals surface area contributed by atoms with Crippen LogP contribution in [0.3, 0.4) is 0 Å². The van der Waals surface area contributed by atoms with Crippen molar-refractivity contribution in [2.75, 3.05) is 4.90 Å². The molecule has 0 spiro atoms. The number of carbonyl (C=O) groups is 1. The molecule has 0 radical (unpaired) electrons. The third kappa shape index (κ3) is 1.94. The second-order valence-electron chi connectivity index (χ2n) is 5.37. The zero-order chi connectivity index (χ0) is 14.5. The van der Waals surface area contributed by atoms with E-state index in [1.54, 1.807) is 0 Å². The molecule has 1 heterocycles. The molecule has 1 amide bonds. The fourth-order valence-corrected chi connectivity index (χ4v) is 4.73. The van der Waals surface area contributed by atoms with E-state index in [0.717, 1.165) is 12.8 Å². The van der Waals surface area contributed by atoms with Crippen molar-refractivity contribution in [2.45, 2.75) is 35.0 Å². The van der Waals surface area contributed by atoms with Gasteiger partial charge in [-0.3, -0.25) is 9.69 Å². The first kappa shape index (κ1) is 14.4. The van der Waals surface area contributed by atoms with Gasteiger partial charge in [0.05, 0.1) is 0 Å². The Balaban J connectivity index is 2.07. The standard InChI is InChI=1S/C14H13Cl3FNO/c15-13-8-2-1-3-11(13)14(16,17)19(12(13)20)10-6-4-9(18)5-7-10/h4-7,11H,1-3,8H2. The molecular formula is C14H13Cl3FNO. The second-order valence-corrected chi connectivity index (χ2v) is 7.39. The van der Waals surface area contributed by atoms with Gasteiger partial charge >= 0.3 is 0 Å². The molecule has 1 aromatic carbocycles. The molecule has 2 fully saturated rings. The van der Waals surface area contributed by atoms with Crippen molar-refractivity contribution < 1.29 is 9.18 Å². The number of benzene rings is 1. The van der Waals surface area contributed by atoms with Gasteiger partial charge in [-0.15, -0.1) is 11.6 Å². The molecule has 0 aromatic heterocycles. The van der Waals surface area contributed by atoms with Gasteiger partial charge in [-0.1, -0.05) is 36.0 Å². The van der Waals surface area contributed by atoms with Crippen LogP contribution < -0.4 is 4.90 Å². The van der Waals surface area contributed by atoms with Crippen LogP contribution in [0.25, 0.3) is 0 Å². The molecule has 0 bridgehead atoms. The maximum atomic E-state index is 13.0. The Hall–Kier alpha value is -0.510. The highest BCUT2D eigenvalue weighted by Crippen LogP contribution is 2.58. The predicted octanol–water partition coefficient (Wildman–Crippen LogP) is 4.47. The van der Waals surface area contributed by atoms with Crippen molar-refractivity contribution in [3.05, 3.63) is 30.1 Å². The van der Waals surface area contributed by atoms with E-state index in [4.69, 9.17) is 34.8 Å². The summed E-state index contributed by atoms with van der Waals surface area (Å²) in [6.45, 7) is 0. The van der Waals surface area contributed by atoms with E-state index in [1.807, 2.05) is 0 Å². The van der Waals surface area contributed by atoms with Crippen LogP contribution in [0, 0.1) is 11.7 Å². The molecule has 1 aliphatic heterocycles. The van der Waals surface area contributed by atoms with Crippen LogP contribution >= 0.6 is 34.8 Å². The Morgan fingerprint density at radius 2 is 1.80 bits per heavy atom. The van der Waals surface area contributed by atoms with Crippen molar-refractivity contribution in [1.82, 2.24) is 0 Å². The van der Waals surface area contributed by atoms with Crippen LogP contribution in [-0.4, -0.2) is 15.2 Å². The Labute approximate surface area is 131 Å². The summed E-state index contributed by atoms with van der Waals surface area (Å²) in [5.41, 5.74) is 0.468. The molecule has 1 aromatic rings. The number of hydrogen-bond donors (Lipinski definition) is 0. The smallest absolute Gasteiger partial charge is 0.251 e. The lowest BCUT2D eigenvalue weighted by atomic mass is 9.80. The van der Waals surface area contributed by atoms with Crippen LogP contribution in [0.1, 0.15) is 25.7 Å². The fraction of sp³-hybridized carbons (Fsp3) is 0.500. The van der Waals surface area contributed by atoms with Gasteiger partial charge in [0.15, 0.2) is 0 Å². The molecule has 0 N–H and O–H groups in total. The largest absolute Gasteiger partial charge is 0.278 e. The summed E-state index contributed by atoms with van der Waals surface area (Å²) in [5, 5.41) is 0. The number of carbonyl (C=O) groups excluding carboxylic acids is 1. The van der Waals surface area contributed by atoms with E-state index in [-0.39, 0.29) is 17.6 Å². The number of fused-ring (bicyclic) bond motifs is 1. The van der Waals surface area contributed by atoms with Gasteiger partial charge in [-0.2, -0.15) is 0 Å². The average Bonchev–Trinajstić information content (AvgIpc) is 2.56. The molecule has 6 heteroatoms. The van der Waals surface area contributed by atoms with E-state index in [9.17, 15) is 9.18 Å². The first-order chi connectivity index (χ1) is 9.37. The summed E-state index contributed by atoms with van der Waals surface area (Å²) in [6.07, 6.45) is 3.11. The lowest BCUT2D eigenvalue weighted by Crippen LogP contribution is -2.40. The summed E-state index contributed by atoms with van der Waals surface area (Å²) in [5.74, 6) is -1.00. The van der Waals surface area contributed by atoms with Gasteiger partial charge in [0, 0.05) is 11.6 Å². The molecule has 2 atom stereocenters. The van der Waals surface area contributed by atoms with Gasteiger partial charge in [-0.05, 0) is 37.1 Å². The van der Waals surface area contributed by atoms with Crippen molar-refractivity contribution in [1.29, 1.82) is 0 Å². The van der Waals surface area contributed by atoms with Gasteiger partial charge < -0.3 is 0 Å². The van der Waals surface area contributed by atoms with E-state index in [1.165, 1.54) is 29.2 Å². The maximum Gasteiger partial charge on any atom is 0.251 e. The monoisotopic (exact) mass is 335 g/mol. The van der Waals surface area contributed by atoms with E-state index in [0.29, 0.717) is 18.5 Å². The Morgan fingerprint density at radius 3 is 2.40 bits per heavy atom. The van der Waals surface area contributed by atoms with Crippen molar-refractivity contribution >= 4 is 46.4 Å². The number of amides is 1. The van der Waals surface area contributed by atoms with Gasteiger partial charge in [0.1, 0.15) is 10.7 Å². The van der Waals surface area contributed by atoms with Crippen LogP contribution in [0.2, 0.25) is 0 Å². The number of nitrogens with zero attached hydrogens (tertiary/aromatic N) is 1. The lowest BCUT2D eigenvalue weighted by molar-refractivity contribution is -0.120. The molecule has 1 saturated heterocycles. The molecule has 2 nitrogen and oxygen atoms in total. The van der Waals surface area contributed by atoms with Gasteiger partial charge in [0.25, 0.3) is 5.91 Å². The SMILES string of the molecule is O=C1N(c2ccc(F)cc2)C(Cl)(Cl)C2CCCCC12Cl. The molecule has 1 saturated carbocycles. The van der Waals surface area contributed by atoms with Crippen molar-refractivity contribution in [2.24, 2.45) is 5.92 Å². The second kappa shape index (κ2) is 4.75. The van der Waals surface area contributed by atoms with Crippen molar-refractivity contribution in [3.8, 4) is 0 Å². The zero-order valence-corrected chi connectivity index (χ0v) is 12.9. The predicted molar refractivity (Wildman–Crippen MR) is 78.9 cm³/mol. The Morgan fingerprint density at radius 1 is 1.15 bits per heavy atom. The Kier molecular flexibility index (Phi) is 3.43. The summed E-state index contributed by atoms with van der Waals surface area (Å²) in [4.78, 5) is 13.0. The molecule has 3 rings (SSSR count). The highest BCUT2D eigenvalue weighted by Gasteiger charge is 2.66. The minimum absolute atomic E-state index is 0.291. The Bertz CT molecular complexity index is 548. The lowest BCUT2D eigenvalue weighted by Gasteiger charge is -2.34. The maximum absolute atomic E-state index is 13.0. The summed E-state index contributed by atoms with van der Waals surface area (Å²) < 4.78 is 11.6. The van der Waals surface area contributed by atoms with Crippen LogP contribution in [0.4, 0.5) is 10.1 Å². The highest BCUT2D eigenvalue weighted by molar-refractivity contribution is 6.55. The molecule has 20 heavy (non-hydrogen) atoms. The average molecular weight is 337 g/mol. The minimum atomic E-state index is -1.39. The summed E-state index contributed by atoms with van der Waals surface area (Å²) in [6, 6.07) is 5.53. The van der Waals surface area contributed by atoms with E-state index in [2.05, 4.69) is 0 Å². The minimum Gasteiger partial charge on any atom is -0.278 e. The fourth-order valence-electron chi connectivity index (χ4n) is 3.20. The number of alkyl halides is 3. The normalized spacial score (nSPS) is 32.3. The zero-order valence-electron chi connectivity index (χ0n) is 10.6. The van der Waals surface area contributed by atoms with Gasteiger partial charge in [-0.25, -0.2) is 4.39 Å². The molecular weight excluding hydrogens is 324 g/mol. The molecule has 108 valence electrons. The molecule has 2 unspecified atom stereocenters. The molecule has 2 aliphatic rings. The topological polar surface area (TPSA) is 20.3 Å². The van der Waals surface area contributed by atoms with Crippen LogP contribution in [0.15, 0.2) is 24.3 Å². The highest BCUT2D eigenvalue weighted by atomic mass is 35.5. The van der Waals surface area contributed by atoms with E-state index >= 15 is 0 Å². The molecule has 1 aliphatic carbocycles. The quantitative estimate of drug-likeness (QED) is 0.547. The first-order valence-electron chi connectivity index (χ1n) is 6.54. The van der Waals surface area contributed by atoms with E-state index < -0.39 is 9.33 Å².